The monoisotopic (exact) mass is 428 g/mol. The third kappa shape index (κ3) is 2.47. The normalized spacial score (nSPS) is 14.6. The largest absolute Gasteiger partial charge is 0.380 e. The quantitative estimate of drug-likeness (QED) is 0.449. The van der Waals surface area contributed by atoms with Gasteiger partial charge in [-0.1, -0.05) is 94.8 Å². The molecule has 0 spiro atoms. The molecule has 0 fully saturated rings. The van der Waals surface area contributed by atoms with Crippen molar-refractivity contribution in [1.29, 1.82) is 0 Å². The van der Waals surface area contributed by atoms with Gasteiger partial charge in [-0.3, -0.25) is 4.79 Å². The first-order chi connectivity index (χ1) is 13.6. The molecular weight excluding hydrogens is 412 g/mol. The molecule has 0 saturated heterocycles. The Labute approximate surface area is 171 Å². The second kappa shape index (κ2) is 6.40. The van der Waals surface area contributed by atoms with E-state index in [1.807, 2.05) is 60.7 Å². The van der Waals surface area contributed by atoms with E-state index >= 15 is 0 Å². The number of ketones is 1. The maximum Gasteiger partial charge on any atom is 0.193 e. The van der Waals surface area contributed by atoms with Crippen LogP contribution in [0.15, 0.2) is 89.4 Å². The van der Waals surface area contributed by atoms with Crippen molar-refractivity contribution in [3.05, 3.63) is 117 Å². The van der Waals surface area contributed by atoms with Crippen LogP contribution in [0.3, 0.4) is 0 Å². The zero-order valence-corrected chi connectivity index (χ0v) is 16.6. The third-order valence-corrected chi connectivity index (χ3v) is 6.33. The molecule has 0 amide bonds. The topological polar surface area (TPSA) is 37.3 Å². The van der Waals surface area contributed by atoms with Crippen LogP contribution in [0.1, 0.15) is 32.6 Å². The Morgan fingerprint density at radius 1 is 0.714 bits per heavy atom. The van der Waals surface area contributed by atoms with Gasteiger partial charge in [0.2, 0.25) is 0 Å². The first-order valence-corrected chi connectivity index (χ1v) is 10.0. The highest BCUT2D eigenvalue weighted by Crippen LogP contribution is 2.43. The third-order valence-electron chi connectivity index (χ3n) is 5.64. The van der Waals surface area contributed by atoms with Crippen molar-refractivity contribution in [2.24, 2.45) is 0 Å². The molecule has 2 nitrogen and oxygen atoms in total. The van der Waals surface area contributed by atoms with E-state index in [-0.39, 0.29) is 5.78 Å². The molecule has 0 unspecified atom stereocenters. The predicted molar refractivity (Wildman–Crippen MR) is 115 cm³/mol. The minimum absolute atomic E-state index is 0.0310. The van der Waals surface area contributed by atoms with E-state index in [1.54, 1.807) is 12.1 Å². The predicted octanol–water partition coefficient (Wildman–Crippen LogP) is 5.63. The zero-order chi connectivity index (χ0) is 19.3. The van der Waals surface area contributed by atoms with Gasteiger partial charge >= 0.3 is 0 Å². The average Bonchev–Trinajstić information content (AvgIpc) is 2.75. The number of fused-ring (bicyclic) bond motifs is 3. The molecule has 0 bridgehead atoms. The van der Waals surface area contributed by atoms with Crippen LogP contribution < -0.4 is 0 Å². The van der Waals surface area contributed by atoms with Gasteiger partial charge < -0.3 is 5.11 Å². The SMILES string of the molecule is O=C1c2ccccc2C(O)(Cc2ccc(Br)c3ccccc23)c2ccccc21. The smallest absolute Gasteiger partial charge is 0.193 e. The molecule has 1 aliphatic carbocycles. The van der Waals surface area contributed by atoms with Crippen LogP contribution in [0.2, 0.25) is 0 Å². The van der Waals surface area contributed by atoms with Gasteiger partial charge in [0.25, 0.3) is 0 Å². The zero-order valence-electron chi connectivity index (χ0n) is 15.0. The Morgan fingerprint density at radius 3 is 1.89 bits per heavy atom. The first kappa shape index (κ1) is 17.4. The summed E-state index contributed by atoms with van der Waals surface area (Å²) in [6.45, 7) is 0. The van der Waals surface area contributed by atoms with Crippen LogP contribution in [0, 0.1) is 0 Å². The molecule has 0 aliphatic heterocycles. The van der Waals surface area contributed by atoms with Crippen molar-refractivity contribution in [2.75, 3.05) is 0 Å². The van der Waals surface area contributed by atoms with Crippen molar-refractivity contribution in [1.82, 2.24) is 0 Å². The summed E-state index contributed by atoms with van der Waals surface area (Å²) in [5.41, 5.74) is 2.27. The summed E-state index contributed by atoms with van der Waals surface area (Å²) in [7, 11) is 0. The lowest BCUT2D eigenvalue weighted by molar-refractivity contribution is 0.0723. The number of aliphatic hydroxyl groups is 1. The van der Waals surface area contributed by atoms with Gasteiger partial charge in [-0.05, 0) is 33.5 Å². The Kier molecular flexibility index (Phi) is 3.97. The highest BCUT2D eigenvalue weighted by Gasteiger charge is 2.42. The van der Waals surface area contributed by atoms with E-state index < -0.39 is 5.60 Å². The molecule has 3 heteroatoms. The van der Waals surface area contributed by atoms with Crippen LogP contribution in [-0.2, 0) is 12.0 Å². The maximum atomic E-state index is 13.0. The van der Waals surface area contributed by atoms with E-state index in [0.29, 0.717) is 28.7 Å². The maximum absolute atomic E-state index is 13.0. The van der Waals surface area contributed by atoms with Crippen LogP contribution >= 0.6 is 15.9 Å². The molecule has 0 heterocycles. The Bertz CT molecular complexity index is 1190. The molecule has 0 radical (unpaired) electrons. The summed E-state index contributed by atoms with van der Waals surface area (Å²) >= 11 is 3.62. The van der Waals surface area contributed by atoms with Gasteiger partial charge in [0.1, 0.15) is 5.60 Å². The van der Waals surface area contributed by atoms with Gasteiger partial charge in [-0.25, -0.2) is 0 Å². The van der Waals surface area contributed by atoms with Crippen molar-refractivity contribution >= 4 is 32.5 Å². The van der Waals surface area contributed by atoms with E-state index in [2.05, 4.69) is 28.1 Å². The van der Waals surface area contributed by atoms with Gasteiger partial charge in [0, 0.05) is 22.0 Å². The van der Waals surface area contributed by atoms with Crippen molar-refractivity contribution in [2.45, 2.75) is 12.0 Å². The van der Waals surface area contributed by atoms with E-state index in [1.165, 1.54) is 0 Å². The number of halogens is 1. The molecule has 5 rings (SSSR count). The number of rotatable bonds is 2. The van der Waals surface area contributed by atoms with Gasteiger partial charge in [-0.15, -0.1) is 0 Å². The molecular formula is C25H17BrO2. The summed E-state index contributed by atoms with van der Waals surface area (Å²) in [6.07, 6.45) is 0.391. The molecule has 28 heavy (non-hydrogen) atoms. The van der Waals surface area contributed by atoms with Gasteiger partial charge in [0.15, 0.2) is 5.78 Å². The molecule has 1 N–H and O–H groups in total. The second-order valence-electron chi connectivity index (χ2n) is 7.21. The lowest BCUT2D eigenvalue weighted by atomic mass is 9.71. The van der Waals surface area contributed by atoms with Gasteiger partial charge in [0.05, 0.1) is 0 Å². The standard InChI is InChI=1S/C25H17BrO2/c26-23-14-13-16(17-7-1-2-8-18(17)23)15-25(28)21-11-5-3-9-19(21)24(27)20-10-4-6-12-22(20)25/h1-14,28H,15H2. The van der Waals surface area contributed by atoms with E-state index in [0.717, 1.165) is 20.8 Å². The summed E-state index contributed by atoms with van der Waals surface area (Å²) in [5, 5.41) is 14.2. The second-order valence-corrected chi connectivity index (χ2v) is 8.06. The number of hydrogen-bond acceptors (Lipinski definition) is 2. The fraction of sp³-hybridized carbons (Fsp3) is 0.0800. The molecule has 0 atom stereocenters. The van der Waals surface area contributed by atoms with Crippen molar-refractivity contribution < 1.29 is 9.90 Å². The van der Waals surface area contributed by atoms with E-state index in [9.17, 15) is 9.90 Å². The molecule has 4 aromatic rings. The lowest BCUT2D eigenvalue weighted by Gasteiger charge is -2.36. The Morgan fingerprint density at radius 2 is 1.25 bits per heavy atom. The minimum Gasteiger partial charge on any atom is -0.380 e. The Balaban J connectivity index is 1.76. The molecule has 136 valence electrons. The van der Waals surface area contributed by atoms with Crippen LogP contribution in [0.25, 0.3) is 10.8 Å². The average molecular weight is 429 g/mol. The minimum atomic E-state index is -1.27. The van der Waals surface area contributed by atoms with Crippen molar-refractivity contribution in [3.63, 3.8) is 0 Å². The van der Waals surface area contributed by atoms with Crippen LogP contribution in [0.4, 0.5) is 0 Å². The number of carbonyl (C=O) groups is 1. The number of benzene rings is 4. The number of hydrogen-bond donors (Lipinski definition) is 1. The number of carbonyl (C=O) groups excluding carboxylic acids is 1. The summed E-state index contributed by atoms with van der Waals surface area (Å²) < 4.78 is 1.03. The highest BCUT2D eigenvalue weighted by atomic mass is 79.9. The molecule has 0 aromatic heterocycles. The fourth-order valence-corrected chi connectivity index (χ4v) is 4.80. The van der Waals surface area contributed by atoms with E-state index in [4.69, 9.17) is 0 Å². The van der Waals surface area contributed by atoms with Gasteiger partial charge in [-0.2, -0.15) is 0 Å². The lowest BCUT2D eigenvalue weighted by Crippen LogP contribution is -2.37. The van der Waals surface area contributed by atoms with Crippen LogP contribution in [0.5, 0.6) is 0 Å². The summed E-state index contributed by atoms with van der Waals surface area (Å²) in [4.78, 5) is 13.0. The molecule has 4 aromatic carbocycles. The highest BCUT2D eigenvalue weighted by molar-refractivity contribution is 9.10. The molecule has 1 aliphatic rings. The fourth-order valence-electron chi connectivity index (χ4n) is 4.32. The molecule has 0 saturated carbocycles. The Hall–Kier alpha value is -2.75. The summed E-state index contributed by atoms with van der Waals surface area (Å²) in [6, 6.07) is 27.0. The first-order valence-electron chi connectivity index (χ1n) is 9.22. The van der Waals surface area contributed by atoms with Crippen molar-refractivity contribution in [3.8, 4) is 0 Å². The summed E-state index contributed by atoms with van der Waals surface area (Å²) in [5.74, 6) is -0.0310. The van der Waals surface area contributed by atoms with Crippen LogP contribution in [-0.4, -0.2) is 10.9 Å².